The van der Waals surface area contributed by atoms with Crippen molar-refractivity contribution in [3.05, 3.63) is 71.8 Å². The van der Waals surface area contributed by atoms with Crippen molar-refractivity contribution in [1.29, 1.82) is 0 Å². The van der Waals surface area contributed by atoms with E-state index in [2.05, 4.69) is 0 Å². The summed E-state index contributed by atoms with van der Waals surface area (Å²) in [6, 6.07) is 18.0. The molecule has 2 aromatic rings. The van der Waals surface area contributed by atoms with Crippen LogP contribution in [0.4, 0.5) is 4.39 Å². The van der Waals surface area contributed by atoms with Crippen molar-refractivity contribution in [2.75, 3.05) is 7.05 Å². The first-order valence-corrected chi connectivity index (χ1v) is 8.94. The zero-order valence-electron chi connectivity index (χ0n) is 12.6. The Morgan fingerprint density at radius 2 is 1.64 bits per heavy atom. The van der Waals surface area contributed by atoms with Crippen molar-refractivity contribution >= 4 is 7.52 Å². The van der Waals surface area contributed by atoms with Crippen LogP contribution in [0.3, 0.4) is 0 Å². The largest absolute Gasteiger partial charge is 0.311 e. The molecular weight excluding hydrogens is 300 g/mol. The van der Waals surface area contributed by atoms with Gasteiger partial charge in [-0.25, -0.2) is 9.06 Å². The monoisotopic (exact) mass is 319 g/mol. The van der Waals surface area contributed by atoms with E-state index in [-0.39, 0.29) is 12.1 Å². The van der Waals surface area contributed by atoms with Crippen LogP contribution in [0.25, 0.3) is 0 Å². The summed E-state index contributed by atoms with van der Waals surface area (Å²) in [6.07, 6.45) is -0.390. The molecule has 1 fully saturated rings. The first kappa shape index (κ1) is 15.4. The summed E-state index contributed by atoms with van der Waals surface area (Å²) < 4.78 is 35.4. The summed E-state index contributed by atoms with van der Waals surface area (Å²) >= 11 is 0. The Kier molecular flexibility index (Phi) is 4.18. The fourth-order valence-electron chi connectivity index (χ4n) is 2.77. The molecule has 1 heterocycles. The first-order valence-electron chi connectivity index (χ1n) is 7.29. The second kappa shape index (κ2) is 5.96. The zero-order chi connectivity index (χ0) is 15.7. The van der Waals surface area contributed by atoms with Gasteiger partial charge in [0.15, 0.2) is 0 Å². The van der Waals surface area contributed by atoms with Crippen LogP contribution in [0.1, 0.15) is 30.1 Å². The summed E-state index contributed by atoms with van der Waals surface area (Å²) in [6.45, 7) is 1.91. The maximum atomic E-state index is 14.9. The van der Waals surface area contributed by atoms with E-state index >= 15 is 0 Å². The number of hydrogen-bond donors (Lipinski definition) is 0. The minimum atomic E-state index is -3.59. The predicted molar refractivity (Wildman–Crippen MR) is 85.4 cm³/mol. The molecule has 0 bridgehead atoms. The highest BCUT2D eigenvalue weighted by Crippen LogP contribution is 2.70. The fourth-order valence-corrected chi connectivity index (χ4v) is 5.15. The minimum Gasteiger partial charge on any atom is -0.305 e. The highest BCUT2D eigenvalue weighted by molar-refractivity contribution is 7.56. The lowest BCUT2D eigenvalue weighted by molar-refractivity contribution is 0.203. The average Bonchev–Trinajstić information content (AvgIpc) is 2.81. The Hall–Kier alpha value is -1.48. The van der Waals surface area contributed by atoms with Crippen LogP contribution >= 0.6 is 7.52 Å². The van der Waals surface area contributed by atoms with Gasteiger partial charge in [0.2, 0.25) is 5.91 Å². The van der Waals surface area contributed by atoms with E-state index in [1.54, 1.807) is 42.0 Å². The molecule has 0 radical (unpaired) electrons. The third kappa shape index (κ3) is 2.52. The first-order chi connectivity index (χ1) is 10.5. The number of halogens is 1. The van der Waals surface area contributed by atoms with Gasteiger partial charge in [0.1, 0.15) is 6.10 Å². The predicted octanol–water partition coefficient (Wildman–Crippen LogP) is 4.94. The number of rotatable bonds is 3. The van der Waals surface area contributed by atoms with Crippen molar-refractivity contribution in [2.45, 2.75) is 25.0 Å². The lowest BCUT2D eigenvalue weighted by Gasteiger charge is -2.23. The number of nitrogens with zero attached hydrogens (tertiary/aromatic N) is 1. The Morgan fingerprint density at radius 1 is 1.09 bits per heavy atom. The standard InChI is InChI=1S/C17H19FNO2P/c1-13-16(14-9-5-3-6-10-14)21-22(20,19(13)2)17(18)15-11-7-4-8-12-15/h3-13,16-17H,1-2H3/t13-,16-,17+,22-/m0/s1. The molecule has 0 spiro atoms. The van der Waals surface area contributed by atoms with E-state index in [1.807, 2.05) is 37.3 Å². The van der Waals surface area contributed by atoms with Crippen molar-refractivity contribution in [2.24, 2.45) is 0 Å². The molecule has 116 valence electrons. The van der Waals surface area contributed by atoms with Gasteiger partial charge in [-0.1, -0.05) is 60.7 Å². The van der Waals surface area contributed by atoms with Crippen LogP contribution < -0.4 is 0 Å². The Labute approximate surface area is 130 Å². The van der Waals surface area contributed by atoms with Gasteiger partial charge in [-0.3, -0.25) is 4.57 Å². The SMILES string of the molecule is C[C@H]1[C@@H](c2ccccc2)O[P@@](=O)([C@@H](F)c2ccccc2)N1C. The highest BCUT2D eigenvalue weighted by atomic mass is 31.2. The van der Waals surface area contributed by atoms with Gasteiger partial charge in [0, 0.05) is 6.04 Å². The van der Waals surface area contributed by atoms with Crippen LogP contribution in [0, 0.1) is 0 Å². The molecule has 0 amide bonds. The second-order valence-corrected chi connectivity index (χ2v) is 7.98. The lowest BCUT2D eigenvalue weighted by Crippen LogP contribution is -2.24. The molecule has 1 aliphatic rings. The van der Waals surface area contributed by atoms with Gasteiger partial charge < -0.3 is 4.52 Å². The lowest BCUT2D eigenvalue weighted by atomic mass is 10.0. The van der Waals surface area contributed by atoms with Crippen LogP contribution in [0.2, 0.25) is 0 Å². The highest BCUT2D eigenvalue weighted by Gasteiger charge is 2.52. The molecule has 0 N–H and O–H groups in total. The zero-order valence-corrected chi connectivity index (χ0v) is 13.5. The van der Waals surface area contributed by atoms with Crippen LogP contribution in [-0.4, -0.2) is 17.8 Å². The Balaban J connectivity index is 1.93. The Morgan fingerprint density at radius 3 is 2.23 bits per heavy atom. The van der Waals surface area contributed by atoms with Crippen LogP contribution in [0.15, 0.2) is 60.7 Å². The molecule has 0 unspecified atom stereocenters. The summed E-state index contributed by atoms with van der Waals surface area (Å²) in [5.41, 5.74) is 1.30. The van der Waals surface area contributed by atoms with Gasteiger partial charge in [-0.15, -0.1) is 0 Å². The van der Waals surface area contributed by atoms with Crippen LogP contribution in [-0.2, 0) is 9.09 Å². The number of benzene rings is 2. The molecule has 1 aliphatic heterocycles. The normalized spacial score (nSPS) is 30.3. The van der Waals surface area contributed by atoms with E-state index in [0.29, 0.717) is 5.56 Å². The summed E-state index contributed by atoms with van der Waals surface area (Å²) in [4.78, 5) is 0. The maximum Gasteiger partial charge on any atom is 0.311 e. The molecule has 2 aromatic carbocycles. The van der Waals surface area contributed by atoms with E-state index in [1.165, 1.54) is 0 Å². The quantitative estimate of drug-likeness (QED) is 0.751. The topological polar surface area (TPSA) is 29.5 Å². The molecule has 0 aliphatic carbocycles. The minimum absolute atomic E-state index is 0.157. The second-order valence-electron chi connectivity index (χ2n) is 5.56. The molecule has 3 rings (SSSR count). The fraction of sp³-hybridized carbons (Fsp3) is 0.294. The average molecular weight is 319 g/mol. The molecule has 3 nitrogen and oxygen atoms in total. The molecule has 0 aromatic heterocycles. The molecular formula is C17H19FNO2P. The van der Waals surface area contributed by atoms with Gasteiger partial charge in [-0.2, -0.15) is 0 Å². The molecule has 22 heavy (non-hydrogen) atoms. The molecule has 4 atom stereocenters. The van der Waals surface area contributed by atoms with Crippen molar-refractivity contribution < 1.29 is 13.5 Å². The smallest absolute Gasteiger partial charge is 0.305 e. The third-order valence-electron chi connectivity index (χ3n) is 4.22. The van der Waals surface area contributed by atoms with Gasteiger partial charge >= 0.3 is 7.52 Å². The number of hydrogen-bond acceptors (Lipinski definition) is 2. The van der Waals surface area contributed by atoms with Crippen molar-refractivity contribution in [1.82, 2.24) is 4.67 Å². The number of likely N-dealkylation sites (N-methyl/N-ethyl adjacent to an activating group) is 1. The van der Waals surface area contributed by atoms with E-state index < -0.39 is 13.4 Å². The van der Waals surface area contributed by atoms with E-state index in [4.69, 9.17) is 4.52 Å². The number of alkyl halides is 1. The van der Waals surface area contributed by atoms with Gasteiger partial charge in [0.25, 0.3) is 0 Å². The summed E-state index contributed by atoms with van der Waals surface area (Å²) in [7, 11) is -1.91. The van der Waals surface area contributed by atoms with Gasteiger partial charge in [-0.05, 0) is 25.1 Å². The Bertz CT molecular complexity index is 680. The van der Waals surface area contributed by atoms with Gasteiger partial charge in [0.05, 0.1) is 0 Å². The third-order valence-corrected chi connectivity index (χ3v) is 6.87. The van der Waals surface area contributed by atoms with Crippen molar-refractivity contribution in [3.63, 3.8) is 0 Å². The maximum absolute atomic E-state index is 14.9. The van der Waals surface area contributed by atoms with E-state index in [0.717, 1.165) is 5.56 Å². The molecule has 1 saturated heterocycles. The summed E-state index contributed by atoms with van der Waals surface area (Å²) in [5, 5.41) is 0. The van der Waals surface area contributed by atoms with Crippen molar-refractivity contribution in [3.8, 4) is 0 Å². The molecule has 0 saturated carbocycles. The van der Waals surface area contributed by atoms with Crippen LogP contribution in [0.5, 0.6) is 0 Å². The molecule has 5 heteroatoms. The summed E-state index contributed by atoms with van der Waals surface area (Å²) in [5.74, 6) is -1.64. The van der Waals surface area contributed by atoms with E-state index in [9.17, 15) is 8.96 Å².